The van der Waals surface area contributed by atoms with Gasteiger partial charge in [-0.3, -0.25) is 0 Å². The Kier molecular flexibility index (Phi) is 4.40. The van der Waals surface area contributed by atoms with E-state index in [9.17, 15) is 0 Å². The molecule has 0 unspecified atom stereocenters. The van der Waals surface area contributed by atoms with E-state index in [0.29, 0.717) is 0 Å². The minimum absolute atomic E-state index is 0.0961. The molecule has 0 saturated heterocycles. The quantitative estimate of drug-likeness (QED) is 0.176. The number of hydrogen-bond donors (Lipinski definition) is 0. The molecule has 0 aliphatic heterocycles. The van der Waals surface area contributed by atoms with Crippen LogP contribution in [0.5, 0.6) is 0 Å². The van der Waals surface area contributed by atoms with Crippen LogP contribution in [0.25, 0.3) is 54.2 Å². The van der Waals surface area contributed by atoms with Gasteiger partial charge in [-0.25, -0.2) is 0 Å². The van der Waals surface area contributed by atoms with Crippen molar-refractivity contribution in [1.82, 2.24) is 0 Å². The van der Waals surface area contributed by atoms with E-state index in [1.54, 1.807) is 0 Å². The maximum atomic E-state index is 2.46. The van der Waals surface area contributed by atoms with Crippen molar-refractivity contribution in [2.45, 2.75) is 53.9 Å². The van der Waals surface area contributed by atoms with E-state index in [1.165, 1.54) is 82.0 Å². The Morgan fingerprint density at radius 3 is 1.68 bits per heavy atom. The van der Waals surface area contributed by atoms with E-state index >= 15 is 0 Å². The lowest BCUT2D eigenvalue weighted by Gasteiger charge is -2.23. The van der Waals surface area contributed by atoms with Crippen LogP contribution in [0.3, 0.4) is 0 Å². The Morgan fingerprint density at radius 1 is 0.471 bits per heavy atom. The summed E-state index contributed by atoms with van der Waals surface area (Å²) in [7, 11) is 0. The highest BCUT2D eigenvalue weighted by molar-refractivity contribution is 6.34. The molecule has 34 heavy (non-hydrogen) atoms. The molecule has 0 aromatic heterocycles. The predicted octanol–water partition coefficient (Wildman–Crippen LogP) is 9.94. The van der Waals surface area contributed by atoms with Crippen LogP contribution in [0.1, 0.15) is 48.6 Å². The molecule has 6 aromatic rings. The molecule has 0 nitrogen and oxygen atoms in total. The highest BCUT2D eigenvalue weighted by Crippen LogP contribution is 2.45. The van der Waals surface area contributed by atoms with E-state index in [2.05, 4.69) is 115 Å². The molecule has 0 heterocycles. The van der Waals surface area contributed by atoms with E-state index in [4.69, 9.17) is 0 Å². The fraction of sp³-hybridized carbons (Fsp3) is 0.235. The predicted molar refractivity (Wildman–Crippen MR) is 151 cm³/mol. The van der Waals surface area contributed by atoms with Crippen LogP contribution in [0, 0.1) is 27.7 Å². The van der Waals surface area contributed by atoms with Crippen LogP contribution in [0.15, 0.2) is 66.7 Å². The zero-order valence-electron chi connectivity index (χ0n) is 21.4. The van der Waals surface area contributed by atoms with Gasteiger partial charge in [-0.05, 0) is 110 Å². The van der Waals surface area contributed by atoms with Gasteiger partial charge in [0, 0.05) is 0 Å². The highest BCUT2D eigenvalue weighted by atomic mass is 14.2. The topological polar surface area (TPSA) is 0 Å². The minimum Gasteiger partial charge on any atom is -0.0581 e. The van der Waals surface area contributed by atoms with Gasteiger partial charge in [-0.1, -0.05) is 92.6 Å². The average Bonchev–Trinajstić information content (AvgIpc) is 2.76. The second-order valence-corrected chi connectivity index (χ2v) is 11.4. The summed E-state index contributed by atoms with van der Waals surface area (Å²) in [5, 5.41) is 11.0. The van der Waals surface area contributed by atoms with Gasteiger partial charge in [0.1, 0.15) is 0 Å². The number of hydrogen-bond acceptors (Lipinski definition) is 0. The van der Waals surface area contributed by atoms with Crippen molar-refractivity contribution in [1.29, 1.82) is 0 Å². The third-order valence-electron chi connectivity index (χ3n) is 7.57. The SMILES string of the molecule is Cc1cc(C)cc(-c2ccc3c4cc(C(C)(C)C)cc5c(C)ccc(c6cc(C)cc2c36)c54)c1. The van der Waals surface area contributed by atoms with E-state index in [0.717, 1.165) is 0 Å². The maximum absolute atomic E-state index is 2.46. The summed E-state index contributed by atoms with van der Waals surface area (Å²) in [5.41, 5.74) is 9.42. The second-order valence-electron chi connectivity index (χ2n) is 11.4. The summed E-state index contributed by atoms with van der Waals surface area (Å²) in [5.74, 6) is 0. The molecule has 0 N–H and O–H groups in total. The first-order chi connectivity index (χ1) is 16.1. The molecule has 0 spiro atoms. The summed E-state index contributed by atoms with van der Waals surface area (Å²) in [6, 6.07) is 26.0. The molecule has 6 rings (SSSR count). The fourth-order valence-corrected chi connectivity index (χ4v) is 5.94. The number of benzene rings is 6. The van der Waals surface area contributed by atoms with E-state index in [-0.39, 0.29) is 5.41 Å². The molecular weight excluding hydrogens is 408 g/mol. The molecule has 0 heteroatoms. The third kappa shape index (κ3) is 3.05. The number of fused-ring (bicyclic) bond motifs is 2. The van der Waals surface area contributed by atoms with Gasteiger partial charge < -0.3 is 0 Å². The lowest BCUT2D eigenvalue weighted by Crippen LogP contribution is -2.11. The van der Waals surface area contributed by atoms with Crippen molar-refractivity contribution in [3.8, 4) is 11.1 Å². The lowest BCUT2D eigenvalue weighted by atomic mass is 9.80. The van der Waals surface area contributed by atoms with Crippen molar-refractivity contribution in [2.24, 2.45) is 0 Å². The first kappa shape index (κ1) is 21.2. The van der Waals surface area contributed by atoms with E-state index in [1.807, 2.05) is 0 Å². The number of rotatable bonds is 1. The second kappa shape index (κ2) is 7.06. The van der Waals surface area contributed by atoms with Gasteiger partial charge >= 0.3 is 0 Å². The van der Waals surface area contributed by atoms with Crippen molar-refractivity contribution < 1.29 is 0 Å². The standard InChI is InChI=1S/C34H32/c1-19-12-20(2)14-23(13-19)25-10-11-27-31-18-24(34(5,6)7)17-28-22(4)8-9-26(32(28)31)30-16-21(3)15-29(25)33(27)30/h8-18H,1-7H3. The zero-order chi connectivity index (χ0) is 23.9. The number of aryl methyl sites for hydroxylation is 4. The van der Waals surface area contributed by atoms with Crippen LogP contribution < -0.4 is 0 Å². The molecular formula is C34H32. The van der Waals surface area contributed by atoms with Gasteiger partial charge in [0.25, 0.3) is 0 Å². The normalized spacial score (nSPS) is 12.6. The summed E-state index contributed by atoms with van der Waals surface area (Å²) in [6.45, 7) is 15.8. The average molecular weight is 441 g/mol. The zero-order valence-corrected chi connectivity index (χ0v) is 21.4. The van der Waals surface area contributed by atoms with Crippen LogP contribution >= 0.6 is 0 Å². The molecule has 0 aliphatic rings. The summed E-state index contributed by atoms with van der Waals surface area (Å²) in [4.78, 5) is 0. The van der Waals surface area contributed by atoms with Gasteiger partial charge in [-0.2, -0.15) is 0 Å². The summed E-state index contributed by atoms with van der Waals surface area (Å²) in [6.07, 6.45) is 0. The smallest absolute Gasteiger partial charge is 0.00199 e. The van der Waals surface area contributed by atoms with Crippen molar-refractivity contribution in [3.63, 3.8) is 0 Å². The molecule has 0 bridgehead atoms. The highest BCUT2D eigenvalue weighted by Gasteiger charge is 2.21. The molecule has 0 saturated carbocycles. The van der Waals surface area contributed by atoms with E-state index < -0.39 is 0 Å². The first-order valence-electron chi connectivity index (χ1n) is 12.4. The van der Waals surface area contributed by atoms with Gasteiger partial charge in [0.05, 0.1) is 0 Å². The Balaban J connectivity index is 1.87. The molecule has 168 valence electrons. The Hall–Kier alpha value is -3.38. The minimum atomic E-state index is 0.0961. The Morgan fingerprint density at radius 2 is 1.00 bits per heavy atom. The molecule has 0 fully saturated rings. The molecule has 0 amide bonds. The van der Waals surface area contributed by atoms with Crippen LogP contribution in [0.4, 0.5) is 0 Å². The van der Waals surface area contributed by atoms with Crippen molar-refractivity contribution in [3.05, 3.63) is 94.5 Å². The largest absolute Gasteiger partial charge is 0.0581 e. The van der Waals surface area contributed by atoms with Crippen LogP contribution in [0.2, 0.25) is 0 Å². The summed E-state index contributed by atoms with van der Waals surface area (Å²) >= 11 is 0. The van der Waals surface area contributed by atoms with Crippen LogP contribution in [-0.4, -0.2) is 0 Å². The maximum Gasteiger partial charge on any atom is -0.00199 e. The molecule has 0 atom stereocenters. The molecule has 0 radical (unpaired) electrons. The third-order valence-corrected chi connectivity index (χ3v) is 7.57. The first-order valence-corrected chi connectivity index (χ1v) is 12.4. The Labute approximate surface area is 202 Å². The van der Waals surface area contributed by atoms with Gasteiger partial charge in [0.2, 0.25) is 0 Å². The van der Waals surface area contributed by atoms with Crippen molar-refractivity contribution >= 4 is 43.1 Å². The Bertz CT molecular complexity index is 1740. The van der Waals surface area contributed by atoms with Crippen LogP contribution in [-0.2, 0) is 5.41 Å². The molecule has 6 aromatic carbocycles. The fourth-order valence-electron chi connectivity index (χ4n) is 5.94. The lowest BCUT2D eigenvalue weighted by molar-refractivity contribution is 0.592. The van der Waals surface area contributed by atoms with Crippen molar-refractivity contribution in [2.75, 3.05) is 0 Å². The molecule has 0 aliphatic carbocycles. The van der Waals surface area contributed by atoms with Gasteiger partial charge in [-0.15, -0.1) is 0 Å². The summed E-state index contributed by atoms with van der Waals surface area (Å²) < 4.78 is 0. The van der Waals surface area contributed by atoms with Gasteiger partial charge in [0.15, 0.2) is 0 Å². The monoisotopic (exact) mass is 440 g/mol.